The third-order valence-corrected chi connectivity index (χ3v) is 6.11. The van der Waals surface area contributed by atoms with E-state index in [2.05, 4.69) is 26.7 Å². The molecule has 36 heavy (non-hydrogen) atoms. The van der Waals surface area contributed by atoms with Crippen molar-refractivity contribution in [3.05, 3.63) is 65.7 Å². The standard InChI is InChI=1S/C25H27N7O4/c1-13-5-4-6-15(7-13)10-28-22-17-23(31-21(30-22)16-8-14(2)9-27-11-16)32(12-29-17)25-19(34)18(33)20(36-25)24(35)26-3/h4-9,11-12,18-20,25,33-34H,10H2,1-3H3,(H,26,35)(H,28,30,31). The van der Waals surface area contributed by atoms with Crippen LogP contribution in [-0.2, 0) is 16.1 Å². The summed E-state index contributed by atoms with van der Waals surface area (Å²) >= 11 is 0. The molecule has 11 heteroatoms. The third kappa shape index (κ3) is 4.39. The number of ether oxygens (including phenoxy) is 1. The van der Waals surface area contributed by atoms with Crippen LogP contribution in [0.2, 0.25) is 0 Å². The molecule has 1 aliphatic heterocycles. The number of pyridine rings is 1. The Morgan fingerprint density at radius 3 is 2.69 bits per heavy atom. The summed E-state index contributed by atoms with van der Waals surface area (Å²) in [6.45, 7) is 4.47. The minimum atomic E-state index is -1.41. The lowest BCUT2D eigenvalue weighted by Gasteiger charge is -2.17. The van der Waals surface area contributed by atoms with Gasteiger partial charge in [-0.1, -0.05) is 29.8 Å². The molecule has 4 heterocycles. The Kier molecular flexibility index (Phi) is 6.35. The summed E-state index contributed by atoms with van der Waals surface area (Å²) in [6.07, 6.45) is -0.204. The molecule has 11 nitrogen and oxygen atoms in total. The minimum absolute atomic E-state index is 0.377. The molecule has 186 valence electrons. The molecule has 0 bridgehead atoms. The molecule has 4 aromatic rings. The first kappa shape index (κ1) is 23.8. The van der Waals surface area contributed by atoms with Crippen LogP contribution in [-0.4, -0.2) is 66.0 Å². The number of hydrogen-bond donors (Lipinski definition) is 4. The fourth-order valence-corrected chi connectivity index (χ4v) is 4.29. The molecule has 4 N–H and O–H groups in total. The zero-order valence-corrected chi connectivity index (χ0v) is 20.1. The van der Waals surface area contributed by atoms with Crippen molar-refractivity contribution >= 4 is 22.9 Å². The lowest BCUT2D eigenvalue weighted by Crippen LogP contribution is -2.41. The van der Waals surface area contributed by atoms with E-state index in [0.29, 0.717) is 34.9 Å². The zero-order chi connectivity index (χ0) is 25.4. The van der Waals surface area contributed by atoms with Gasteiger partial charge in [0.1, 0.15) is 12.2 Å². The molecule has 4 atom stereocenters. The first-order chi connectivity index (χ1) is 17.4. The predicted molar refractivity (Wildman–Crippen MR) is 132 cm³/mol. The second kappa shape index (κ2) is 9.61. The first-order valence-corrected chi connectivity index (χ1v) is 11.5. The molecule has 4 unspecified atom stereocenters. The van der Waals surface area contributed by atoms with Crippen LogP contribution < -0.4 is 10.6 Å². The molecule has 1 fully saturated rings. The number of carbonyl (C=O) groups is 1. The number of nitrogens with one attached hydrogen (secondary N) is 2. The van der Waals surface area contributed by atoms with Gasteiger partial charge in [0.15, 0.2) is 35.1 Å². The van der Waals surface area contributed by atoms with Crippen molar-refractivity contribution in [1.82, 2.24) is 29.8 Å². The Bertz CT molecular complexity index is 1420. The molecule has 1 aliphatic rings. The van der Waals surface area contributed by atoms with E-state index >= 15 is 0 Å². The highest BCUT2D eigenvalue weighted by Gasteiger charge is 2.47. The second-order valence-electron chi connectivity index (χ2n) is 8.86. The van der Waals surface area contributed by atoms with E-state index < -0.39 is 30.4 Å². The number of imidazole rings is 1. The molecular formula is C25H27N7O4. The molecule has 0 aliphatic carbocycles. The lowest BCUT2D eigenvalue weighted by atomic mass is 10.1. The second-order valence-corrected chi connectivity index (χ2v) is 8.86. The number of carbonyl (C=O) groups excluding carboxylic acids is 1. The molecule has 5 rings (SSSR count). The van der Waals surface area contributed by atoms with Crippen LogP contribution in [0.5, 0.6) is 0 Å². The highest BCUT2D eigenvalue weighted by Crippen LogP contribution is 2.33. The number of rotatable bonds is 6. The predicted octanol–water partition coefficient (Wildman–Crippen LogP) is 1.48. The number of aromatic nitrogens is 5. The maximum Gasteiger partial charge on any atom is 0.251 e. The van der Waals surface area contributed by atoms with Crippen LogP contribution >= 0.6 is 0 Å². The summed E-state index contributed by atoms with van der Waals surface area (Å²) in [5.74, 6) is 0.367. The van der Waals surface area contributed by atoms with Gasteiger partial charge in [-0.05, 0) is 31.0 Å². The molecule has 3 aromatic heterocycles. The van der Waals surface area contributed by atoms with Gasteiger partial charge in [-0.2, -0.15) is 0 Å². The van der Waals surface area contributed by atoms with Crippen molar-refractivity contribution in [2.24, 2.45) is 0 Å². The topological polar surface area (TPSA) is 147 Å². The van der Waals surface area contributed by atoms with E-state index in [4.69, 9.17) is 14.7 Å². The number of aliphatic hydroxyl groups excluding tert-OH is 2. The summed E-state index contributed by atoms with van der Waals surface area (Å²) in [7, 11) is 1.44. The Balaban J connectivity index is 1.58. The number of anilines is 1. The maximum absolute atomic E-state index is 12.1. The van der Waals surface area contributed by atoms with Crippen molar-refractivity contribution < 1.29 is 19.7 Å². The van der Waals surface area contributed by atoms with E-state index in [0.717, 1.165) is 16.7 Å². The SMILES string of the molecule is CNC(=O)C1OC(n2cnc3c(NCc4cccc(C)c4)nc(-c4cncc(C)c4)nc32)C(O)C1O. The van der Waals surface area contributed by atoms with Crippen molar-refractivity contribution in [2.75, 3.05) is 12.4 Å². The fourth-order valence-electron chi connectivity index (χ4n) is 4.29. The van der Waals surface area contributed by atoms with Gasteiger partial charge in [-0.3, -0.25) is 14.3 Å². The van der Waals surface area contributed by atoms with Gasteiger partial charge in [0, 0.05) is 31.5 Å². The minimum Gasteiger partial charge on any atom is -0.387 e. The van der Waals surface area contributed by atoms with E-state index in [-0.39, 0.29) is 0 Å². The molecule has 1 amide bonds. The number of likely N-dealkylation sites (N-methyl/N-ethyl adjacent to an activating group) is 1. The summed E-state index contributed by atoms with van der Waals surface area (Å²) in [6, 6.07) is 10.0. The van der Waals surface area contributed by atoms with Crippen molar-refractivity contribution in [3.63, 3.8) is 0 Å². The third-order valence-electron chi connectivity index (χ3n) is 6.11. The van der Waals surface area contributed by atoms with Crippen LogP contribution in [0.3, 0.4) is 0 Å². The Hall–Kier alpha value is -3.93. The van der Waals surface area contributed by atoms with E-state index in [9.17, 15) is 15.0 Å². The van der Waals surface area contributed by atoms with Crippen LogP contribution in [0.1, 0.15) is 22.9 Å². The van der Waals surface area contributed by atoms with Gasteiger partial charge >= 0.3 is 0 Å². The molecule has 1 saturated heterocycles. The highest BCUT2D eigenvalue weighted by atomic mass is 16.6. The summed E-state index contributed by atoms with van der Waals surface area (Å²) in [4.78, 5) is 30.3. The number of nitrogens with zero attached hydrogens (tertiary/aromatic N) is 5. The number of hydrogen-bond acceptors (Lipinski definition) is 9. The number of fused-ring (bicyclic) bond motifs is 1. The molecule has 0 radical (unpaired) electrons. The smallest absolute Gasteiger partial charge is 0.251 e. The van der Waals surface area contributed by atoms with Crippen LogP contribution in [0.25, 0.3) is 22.6 Å². The van der Waals surface area contributed by atoms with E-state index in [1.165, 1.54) is 17.9 Å². The van der Waals surface area contributed by atoms with Crippen molar-refractivity contribution in [2.45, 2.75) is 44.9 Å². The van der Waals surface area contributed by atoms with Crippen molar-refractivity contribution in [1.29, 1.82) is 0 Å². The molecule has 1 aromatic carbocycles. The van der Waals surface area contributed by atoms with Crippen molar-refractivity contribution in [3.8, 4) is 11.4 Å². The number of benzene rings is 1. The summed E-state index contributed by atoms with van der Waals surface area (Å²) in [5.41, 5.74) is 4.72. The largest absolute Gasteiger partial charge is 0.387 e. The fraction of sp³-hybridized carbons (Fsp3) is 0.320. The van der Waals surface area contributed by atoms with Gasteiger partial charge in [-0.25, -0.2) is 15.0 Å². The average Bonchev–Trinajstić information content (AvgIpc) is 3.43. The van der Waals surface area contributed by atoms with Crippen LogP contribution in [0, 0.1) is 13.8 Å². The summed E-state index contributed by atoms with van der Waals surface area (Å²) in [5, 5.41) is 26.9. The van der Waals surface area contributed by atoms with Gasteiger partial charge in [0.25, 0.3) is 5.91 Å². The number of aryl methyl sites for hydroxylation is 2. The quantitative estimate of drug-likeness (QED) is 0.316. The van der Waals surface area contributed by atoms with Gasteiger partial charge < -0.3 is 25.6 Å². The zero-order valence-electron chi connectivity index (χ0n) is 20.1. The molecular weight excluding hydrogens is 462 g/mol. The first-order valence-electron chi connectivity index (χ1n) is 11.5. The number of amides is 1. The van der Waals surface area contributed by atoms with E-state index in [1.807, 2.05) is 38.1 Å². The lowest BCUT2D eigenvalue weighted by molar-refractivity contribution is -0.137. The average molecular weight is 490 g/mol. The van der Waals surface area contributed by atoms with Gasteiger partial charge in [0.05, 0.1) is 6.33 Å². The summed E-state index contributed by atoms with van der Waals surface area (Å²) < 4.78 is 7.27. The maximum atomic E-state index is 12.1. The number of aliphatic hydroxyl groups is 2. The van der Waals surface area contributed by atoms with Crippen LogP contribution in [0.15, 0.2) is 49.1 Å². The van der Waals surface area contributed by atoms with Gasteiger partial charge in [-0.15, -0.1) is 0 Å². The van der Waals surface area contributed by atoms with Gasteiger partial charge in [0.2, 0.25) is 0 Å². The van der Waals surface area contributed by atoms with E-state index in [1.54, 1.807) is 12.4 Å². The normalized spacial score (nSPS) is 21.6. The monoisotopic (exact) mass is 489 g/mol. The highest BCUT2D eigenvalue weighted by molar-refractivity contribution is 5.85. The Morgan fingerprint density at radius 1 is 1.11 bits per heavy atom. The van der Waals surface area contributed by atoms with Crippen LogP contribution in [0.4, 0.5) is 5.82 Å². The Labute approximate surface area is 207 Å². The molecule has 0 saturated carbocycles. The Morgan fingerprint density at radius 2 is 1.94 bits per heavy atom. The molecule has 0 spiro atoms.